The van der Waals surface area contributed by atoms with Gasteiger partial charge in [0.1, 0.15) is 5.75 Å². The smallest absolute Gasteiger partial charge is 0.341 e. The first kappa shape index (κ1) is 12.2. The van der Waals surface area contributed by atoms with Crippen LogP contribution in [0.1, 0.15) is 6.42 Å². The summed E-state index contributed by atoms with van der Waals surface area (Å²) in [5.74, 6) is -0.648. The van der Waals surface area contributed by atoms with Crippen molar-refractivity contribution in [2.75, 3.05) is 24.6 Å². The lowest BCUT2D eigenvalue weighted by molar-refractivity contribution is -0.139. The highest BCUT2D eigenvalue weighted by atomic mass is 16.5. The van der Waals surface area contributed by atoms with Crippen LogP contribution in [0.3, 0.4) is 0 Å². The second kappa shape index (κ2) is 5.39. The van der Waals surface area contributed by atoms with E-state index in [0.717, 1.165) is 6.42 Å². The molecular weight excluding hydrogens is 236 g/mol. The number of hydrogen-bond donors (Lipinski definition) is 2. The van der Waals surface area contributed by atoms with Crippen molar-refractivity contribution < 1.29 is 19.4 Å². The molecule has 0 radical (unpaired) electrons. The zero-order valence-corrected chi connectivity index (χ0v) is 9.76. The van der Waals surface area contributed by atoms with Gasteiger partial charge in [0.15, 0.2) is 6.61 Å². The number of carboxylic acid groups (broad SMARTS) is 1. The molecule has 0 bridgehead atoms. The summed E-state index contributed by atoms with van der Waals surface area (Å²) in [6, 6.07) is 6.72. The van der Waals surface area contributed by atoms with E-state index < -0.39 is 12.6 Å². The summed E-state index contributed by atoms with van der Waals surface area (Å²) in [5, 5.41) is 11.3. The van der Waals surface area contributed by atoms with Gasteiger partial charge in [0, 0.05) is 13.1 Å². The maximum absolute atomic E-state index is 11.7. The lowest BCUT2D eigenvalue weighted by atomic mass is 10.2. The van der Waals surface area contributed by atoms with Crippen molar-refractivity contribution in [2.24, 2.45) is 0 Å². The molecule has 1 aromatic rings. The highest BCUT2D eigenvalue weighted by Gasteiger charge is 2.22. The highest BCUT2D eigenvalue weighted by molar-refractivity contribution is 5.94. The van der Waals surface area contributed by atoms with Gasteiger partial charge in [-0.1, -0.05) is 12.1 Å². The van der Waals surface area contributed by atoms with E-state index in [0.29, 0.717) is 24.5 Å². The number of anilines is 1. The van der Waals surface area contributed by atoms with Crippen LogP contribution < -0.4 is 15.0 Å². The SMILES string of the molecule is O=C(O)COc1ccccc1N1CCCNC1=O. The first-order valence-corrected chi connectivity index (χ1v) is 5.67. The number of hydrogen-bond acceptors (Lipinski definition) is 3. The van der Waals surface area contributed by atoms with Gasteiger partial charge in [-0.05, 0) is 18.6 Å². The second-order valence-corrected chi connectivity index (χ2v) is 3.89. The number of nitrogens with zero attached hydrogens (tertiary/aromatic N) is 1. The van der Waals surface area contributed by atoms with Gasteiger partial charge in [0.2, 0.25) is 0 Å². The Morgan fingerprint density at radius 3 is 2.94 bits per heavy atom. The summed E-state index contributed by atoms with van der Waals surface area (Å²) in [6.07, 6.45) is 0.846. The molecule has 2 rings (SSSR count). The van der Waals surface area contributed by atoms with Crippen molar-refractivity contribution >= 4 is 17.7 Å². The number of nitrogens with one attached hydrogen (secondary N) is 1. The minimum Gasteiger partial charge on any atom is -0.480 e. The predicted octanol–water partition coefficient (Wildman–Crippen LogP) is 1.07. The monoisotopic (exact) mass is 250 g/mol. The van der Waals surface area contributed by atoms with Crippen molar-refractivity contribution in [2.45, 2.75) is 6.42 Å². The Kier molecular flexibility index (Phi) is 3.66. The maximum Gasteiger partial charge on any atom is 0.341 e. The van der Waals surface area contributed by atoms with Gasteiger partial charge in [-0.3, -0.25) is 4.90 Å². The molecule has 0 unspecified atom stereocenters. The van der Waals surface area contributed by atoms with Crippen molar-refractivity contribution in [3.05, 3.63) is 24.3 Å². The first-order valence-electron chi connectivity index (χ1n) is 5.67. The number of urea groups is 1. The summed E-state index contributed by atoms with van der Waals surface area (Å²) < 4.78 is 5.18. The minimum atomic E-state index is -1.05. The van der Waals surface area contributed by atoms with Gasteiger partial charge in [0.25, 0.3) is 0 Å². The van der Waals surface area contributed by atoms with Crippen LogP contribution in [-0.4, -0.2) is 36.8 Å². The average molecular weight is 250 g/mol. The van der Waals surface area contributed by atoms with Gasteiger partial charge in [-0.25, -0.2) is 9.59 Å². The highest BCUT2D eigenvalue weighted by Crippen LogP contribution is 2.28. The van der Waals surface area contributed by atoms with Crippen molar-refractivity contribution in [3.8, 4) is 5.75 Å². The summed E-state index contributed by atoms with van der Waals surface area (Å²) in [4.78, 5) is 23.8. The molecule has 6 nitrogen and oxygen atoms in total. The molecule has 0 atom stereocenters. The number of carbonyl (C=O) groups is 2. The molecule has 0 aliphatic carbocycles. The normalized spacial score (nSPS) is 15.1. The van der Waals surface area contributed by atoms with E-state index in [-0.39, 0.29) is 6.03 Å². The fourth-order valence-corrected chi connectivity index (χ4v) is 1.80. The third-order valence-corrected chi connectivity index (χ3v) is 2.59. The van der Waals surface area contributed by atoms with Gasteiger partial charge in [-0.2, -0.15) is 0 Å². The summed E-state index contributed by atoms with van der Waals surface area (Å²) in [5.41, 5.74) is 0.593. The Hall–Kier alpha value is -2.24. The molecule has 0 aromatic heterocycles. The Morgan fingerprint density at radius 1 is 1.44 bits per heavy atom. The molecule has 6 heteroatoms. The van der Waals surface area contributed by atoms with Crippen LogP contribution in [0.5, 0.6) is 5.75 Å². The molecule has 1 saturated heterocycles. The van der Waals surface area contributed by atoms with Crippen molar-refractivity contribution in [1.82, 2.24) is 5.32 Å². The Balaban J connectivity index is 2.20. The molecule has 1 aromatic carbocycles. The molecule has 2 amide bonds. The Labute approximate surface area is 104 Å². The third kappa shape index (κ3) is 2.71. The van der Waals surface area contributed by atoms with Crippen molar-refractivity contribution in [1.29, 1.82) is 0 Å². The Bertz CT molecular complexity index is 461. The molecule has 1 aliphatic heterocycles. The van der Waals surface area contributed by atoms with Gasteiger partial charge < -0.3 is 15.2 Å². The number of aliphatic carboxylic acids is 1. The predicted molar refractivity (Wildman–Crippen MR) is 64.9 cm³/mol. The van der Waals surface area contributed by atoms with E-state index in [9.17, 15) is 9.59 Å². The quantitative estimate of drug-likeness (QED) is 0.837. The summed E-state index contributed by atoms with van der Waals surface area (Å²) >= 11 is 0. The third-order valence-electron chi connectivity index (χ3n) is 2.59. The molecule has 0 saturated carbocycles. The summed E-state index contributed by atoms with van der Waals surface area (Å²) in [7, 11) is 0. The van der Waals surface area contributed by atoms with Crippen LogP contribution in [0.25, 0.3) is 0 Å². The minimum absolute atomic E-state index is 0.187. The fraction of sp³-hybridized carbons (Fsp3) is 0.333. The largest absolute Gasteiger partial charge is 0.480 e. The Morgan fingerprint density at radius 2 is 2.22 bits per heavy atom. The van der Waals surface area contributed by atoms with Crippen LogP contribution in [0.15, 0.2) is 24.3 Å². The number of para-hydroxylation sites is 2. The fourth-order valence-electron chi connectivity index (χ4n) is 1.80. The zero-order chi connectivity index (χ0) is 13.0. The molecule has 96 valence electrons. The van der Waals surface area contributed by atoms with E-state index in [1.165, 1.54) is 0 Å². The van der Waals surface area contributed by atoms with Gasteiger partial charge in [-0.15, -0.1) is 0 Å². The standard InChI is InChI=1S/C12H14N2O4/c15-11(16)8-18-10-5-2-1-4-9(10)14-7-3-6-13-12(14)17/h1-2,4-5H,3,6-8H2,(H,13,17)(H,15,16). The van der Waals surface area contributed by atoms with Gasteiger partial charge in [0.05, 0.1) is 5.69 Å². The molecular formula is C12H14N2O4. The maximum atomic E-state index is 11.7. The van der Waals surface area contributed by atoms with E-state index >= 15 is 0 Å². The topological polar surface area (TPSA) is 78.9 Å². The van der Waals surface area contributed by atoms with Crippen LogP contribution >= 0.6 is 0 Å². The molecule has 1 aliphatic rings. The lowest BCUT2D eigenvalue weighted by Crippen LogP contribution is -2.46. The van der Waals surface area contributed by atoms with Crippen LogP contribution in [-0.2, 0) is 4.79 Å². The van der Waals surface area contributed by atoms with Crippen LogP contribution in [0.2, 0.25) is 0 Å². The summed E-state index contributed by atoms with van der Waals surface area (Å²) in [6.45, 7) is 0.833. The molecule has 2 N–H and O–H groups in total. The molecule has 18 heavy (non-hydrogen) atoms. The number of benzene rings is 1. The van der Waals surface area contributed by atoms with E-state index in [1.807, 2.05) is 0 Å². The second-order valence-electron chi connectivity index (χ2n) is 3.89. The molecule has 0 spiro atoms. The van der Waals surface area contributed by atoms with E-state index in [4.69, 9.17) is 9.84 Å². The molecule has 1 heterocycles. The zero-order valence-electron chi connectivity index (χ0n) is 9.76. The van der Waals surface area contributed by atoms with Gasteiger partial charge >= 0.3 is 12.0 Å². The number of carbonyl (C=O) groups excluding carboxylic acids is 1. The number of rotatable bonds is 4. The number of carboxylic acids is 1. The van der Waals surface area contributed by atoms with Crippen molar-refractivity contribution in [3.63, 3.8) is 0 Å². The molecule has 1 fully saturated rings. The first-order chi connectivity index (χ1) is 8.68. The number of ether oxygens (including phenoxy) is 1. The van der Waals surface area contributed by atoms with Crippen LogP contribution in [0, 0.1) is 0 Å². The van der Waals surface area contributed by atoms with E-state index in [1.54, 1.807) is 29.2 Å². The van der Waals surface area contributed by atoms with Crippen LogP contribution in [0.4, 0.5) is 10.5 Å². The van der Waals surface area contributed by atoms with E-state index in [2.05, 4.69) is 5.32 Å². The average Bonchev–Trinajstić information content (AvgIpc) is 2.37. The number of amides is 2. The lowest BCUT2D eigenvalue weighted by Gasteiger charge is -2.28.